The van der Waals surface area contributed by atoms with Crippen molar-refractivity contribution in [3.63, 3.8) is 0 Å². The Morgan fingerprint density at radius 1 is 1.07 bits per heavy atom. The molecular weight excluding hydrogens is 342 g/mol. The number of fused-ring (bicyclic) bond motifs is 1. The van der Waals surface area contributed by atoms with Crippen LogP contribution in [0.4, 0.5) is 16.2 Å². The van der Waals surface area contributed by atoms with Gasteiger partial charge >= 0.3 is 6.09 Å². The van der Waals surface area contributed by atoms with Crippen molar-refractivity contribution in [2.24, 2.45) is 0 Å². The van der Waals surface area contributed by atoms with Crippen molar-refractivity contribution in [2.45, 2.75) is 40.2 Å². The average Bonchev–Trinajstić information content (AvgIpc) is 2.56. The van der Waals surface area contributed by atoms with Gasteiger partial charge in [-0.1, -0.05) is 6.07 Å². The molecule has 6 heteroatoms. The molecule has 140 valence electrons. The molecule has 0 bridgehead atoms. The van der Waals surface area contributed by atoms with Gasteiger partial charge in [-0.05, 0) is 70.5 Å². The highest BCUT2D eigenvalue weighted by molar-refractivity contribution is 6.05. The smallest absolute Gasteiger partial charge is 0.419 e. The number of nitrogens with zero attached hydrogens (tertiary/aromatic N) is 3. The van der Waals surface area contributed by atoms with Crippen LogP contribution in [0.5, 0.6) is 5.75 Å². The fraction of sp³-hybridized carbons (Fsp3) is 0.286. The number of aromatic nitrogens is 2. The predicted molar refractivity (Wildman–Crippen MR) is 105 cm³/mol. The first kappa shape index (κ1) is 18.6. The second-order valence-corrected chi connectivity index (χ2v) is 7.46. The largest absolute Gasteiger partial charge is 0.506 e. The molecule has 0 spiro atoms. The highest BCUT2D eigenvalue weighted by Crippen LogP contribution is 2.38. The topological polar surface area (TPSA) is 75.5 Å². The minimum absolute atomic E-state index is 0.0171. The first-order valence-electron chi connectivity index (χ1n) is 8.71. The number of ether oxygens (including phenoxy) is 1. The van der Waals surface area contributed by atoms with Gasteiger partial charge in [-0.2, -0.15) is 0 Å². The lowest BCUT2D eigenvalue weighted by Crippen LogP contribution is -2.34. The van der Waals surface area contributed by atoms with E-state index in [9.17, 15) is 9.90 Å². The molecule has 0 atom stereocenters. The van der Waals surface area contributed by atoms with Crippen molar-refractivity contribution in [3.8, 4) is 5.75 Å². The molecule has 27 heavy (non-hydrogen) atoms. The second kappa shape index (κ2) is 6.87. The van der Waals surface area contributed by atoms with Crippen LogP contribution in [0.25, 0.3) is 11.0 Å². The van der Waals surface area contributed by atoms with Gasteiger partial charge in [-0.25, -0.2) is 19.7 Å². The van der Waals surface area contributed by atoms with E-state index >= 15 is 0 Å². The Bertz CT molecular complexity index is 1010. The van der Waals surface area contributed by atoms with Gasteiger partial charge < -0.3 is 9.84 Å². The summed E-state index contributed by atoms with van der Waals surface area (Å²) >= 11 is 0. The average molecular weight is 365 g/mol. The molecule has 2 aromatic heterocycles. The number of hydrogen-bond donors (Lipinski definition) is 1. The number of carbonyl (C=O) groups is 1. The molecule has 6 nitrogen and oxygen atoms in total. The molecule has 3 aromatic rings. The quantitative estimate of drug-likeness (QED) is 0.690. The zero-order valence-electron chi connectivity index (χ0n) is 16.1. The number of benzene rings is 1. The molecule has 0 aliphatic carbocycles. The fourth-order valence-corrected chi connectivity index (χ4v) is 2.75. The standard InChI is InChI=1S/C21H23N3O3/c1-13-6-9-18(25)17(12-13)24(20(26)27-21(3,4)5)16-10-11-22-19-15(16)8-7-14(2)23-19/h6-12,25H,1-5H3. The summed E-state index contributed by atoms with van der Waals surface area (Å²) in [6.07, 6.45) is 1.00. The Morgan fingerprint density at radius 2 is 1.81 bits per heavy atom. The summed E-state index contributed by atoms with van der Waals surface area (Å²) in [5.74, 6) is -0.0171. The van der Waals surface area contributed by atoms with E-state index < -0.39 is 11.7 Å². The van der Waals surface area contributed by atoms with Crippen molar-refractivity contribution in [1.29, 1.82) is 0 Å². The van der Waals surface area contributed by atoms with Crippen LogP contribution < -0.4 is 4.90 Å². The molecule has 1 amide bonds. The van der Waals surface area contributed by atoms with E-state index in [1.165, 1.54) is 4.90 Å². The van der Waals surface area contributed by atoms with Crippen LogP contribution in [0.15, 0.2) is 42.6 Å². The van der Waals surface area contributed by atoms with Crippen molar-refractivity contribution in [2.75, 3.05) is 4.90 Å². The maximum atomic E-state index is 13.1. The molecule has 0 aliphatic heterocycles. The number of aryl methyl sites for hydroxylation is 2. The number of carbonyl (C=O) groups excluding carboxylic acids is 1. The van der Waals surface area contributed by atoms with Crippen LogP contribution >= 0.6 is 0 Å². The molecule has 0 radical (unpaired) electrons. The summed E-state index contributed by atoms with van der Waals surface area (Å²) in [5, 5.41) is 11.1. The molecule has 0 saturated heterocycles. The van der Waals surface area contributed by atoms with E-state index in [4.69, 9.17) is 4.74 Å². The normalized spacial score (nSPS) is 11.4. The van der Waals surface area contributed by atoms with Crippen molar-refractivity contribution >= 4 is 28.5 Å². The van der Waals surface area contributed by atoms with E-state index in [2.05, 4.69) is 9.97 Å². The Morgan fingerprint density at radius 3 is 2.52 bits per heavy atom. The molecule has 0 fully saturated rings. The first-order chi connectivity index (χ1) is 12.7. The Balaban J connectivity index is 2.25. The lowest BCUT2D eigenvalue weighted by Gasteiger charge is -2.28. The maximum absolute atomic E-state index is 13.1. The van der Waals surface area contributed by atoms with Crippen LogP contribution in [0, 0.1) is 13.8 Å². The van der Waals surface area contributed by atoms with Crippen LogP contribution in [0.3, 0.4) is 0 Å². The van der Waals surface area contributed by atoms with E-state index in [1.807, 2.05) is 26.0 Å². The van der Waals surface area contributed by atoms with Gasteiger partial charge in [0.25, 0.3) is 0 Å². The first-order valence-corrected chi connectivity index (χ1v) is 8.71. The summed E-state index contributed by atoms with van der Waals surface area (Å²) in [6, 6.07) is 10.5. The molecule has 0 unspecified atom stereocenters. The SMILES string of the molecule is Cc1ccc(O)c(N(C(=O)OC(C)(C)C)c2ccnc3nc(C)ccc23)c1. The molecule has 0 saturated carbocycles. The molecule has 1 N–H and O–H groups in total. The van der Waals surface area contributed by atoms with E-state index in [1.54, 1.807) is 51.2 Å². The van der Waals surface area contributed by atoms with Crippen LogP contribution in [-0.4, -0.2) is 26.8 Å². The molecule has 0 aliphatic rings. The number of aromatic hydroxyl groups is 1. The number of anilines is 2. The lowest BCUT2D eigenvalue weighted by molar-refractivity contribution is 0.0598. The summed E-state index contributed by atoms with van der Waals surface area (Å²) < 4.78 is 5.61. The molecule has 2 heterocycles. The van der Waals surface area contributed by atoms with Gasteiger partial charge in [0.05, 0.1) is 11.4 Å². The monoisotopic (exact) mass is 365 g/mol. The number of phenolic OH excluding ortho intramolecular Hbond substituents is 1. The highest BCUT2D eigenvalue weighted by atomic mass is 16.6. The summed E-state index contributed by atoms with van der Waals surface area (Å²) in [6.45, 7) is 9.18. The second-order valence-electron chi connectivity index (χ2n) is 7.46. The van der Waals surface area contributed by atoms with Gasteiger partial charge in [-0.15, -0.1) is 0 Å². The molecular formula is C21H23N3O3. The van der Waals surface area contributed by atoms with E-state index in [-0.39, 0.29) is 5.75 Å². The van der Waals surface area contributed by atoms with Crippen LogP contribution in [0.2, 0.25) is 0 Å². The maximum Gasteiger partial charge on any atom is 0.419 e. The number of pyridine rings is 2. The van der Waals surface area contributed by atoms with Crippen molar-refractivity contribution in [1.82, 2.24) is 9.97 Å². The third-order valence-corrected chi connectivity index (χ3v) is 3.91. The highest BCUT2D eigenvalue weighted by Gasteiger charge is 2.28. The van der Waals surface area contributed by atoms with Crippen molar-refractivity contribution in [3.05, 3.63) is 53.9 Å². The lowest BCUT2D eigenvalue weighted by atomic mass is 10.1. The zero-order valence-corrected chi connectivity index (χ0v) is 16.1. The summed E-state index contributed by atoms with van der Waals surface area (Å²) in [5.41, 5.74) is 2.46. The molecule has 3 rings (SSSR count). The van der Waals surface area contributed by atoms with Crippen LogP contribution in [0.1, 0.15) is 32.0 Å². The zero-order chi connectivity index (χ0) is 19.8. The number of rotatable bonds is 2. The Kier molecular flexibility index (Phi) is 4.74. The summed E-state index contributed by atoms with van der Waals surface area (Å²) in [4.78, 5) is 23.2. The Labute approximate surface area is 158 Å². The van der Waals surface area contributed by atoms with E-state index in [0.29, 0.717) is 22.4 Å². The predicted octanol–water partition coefficient (Wildman–Crippen LogP) is 5.03. The minimum Gasteiger partial charge on any atom is -0.506 e. The summed E-state index contributed by atoms with van der Waals surface area (Å²) in [7, 11) is 0. The minimum atomic E-state index is -0.688. The van der Waals surface area contributed by atoms with Gasteiger partial charge in [0, 0.05) is 17.3 Å². The van der Waals surface area contributed by atoms with Gasteiger partial charge in [-0.3, -0.25) is 0 Å². The van der Waals surface area contributed by atoms with Gasteiger partial charge in [0.2, 0.25) is 0 Å². The number of hydrogen-bond acceptors (Lipinski definition) is 5. The number of amides is 1. The fourth-order valence-electron chi connectivity index (χ4n) is 2.75. The molecule has 1 aromatic carbocycles. The van der Waals surface area contributed by atoms with Crippen LogP contribution in [-0.2, 0) is 4.74 Å². The third-order valence-electron chi connectivity index (χ3n) is 3.91. The van der Waals surface area contributed by atoms with Gasteiger partial charge in [0.1, 0.15) is 11.4 Å². The van der Waals surface area contributed by atoms with Gasteiger partial charge in [0.15, 0.2) is 5.65 Å². The Hall–Kier alpha value is -3.15. The van der Waals surface area contributed by atoms with E-state index in [0.717, 1.165) is 11.3 Å². The van der Waals surface area contributed by atoms with Crippen molar-refractivity contribution < 1.29 is 14.6 Å². The third kappa shape index (κ3) is 4.00. The number of phenols is 1.